The van der Waals surface area contributed by atoms with Gasteiger partial charge in [-0.3, -0.25) is 4.79 Å². The molecular formula is C17H17Cl2N5O6. The number of ether oxygens (including phenoxy) is 1. The molecule has 0 saturated carbocycles. The number of benzene rings is 1. The number of hydrogen-bond acceptors (Lipinski definition) is 9. The van der Waals surface area contributed by atoms with Crippen LogP contribution in [0, 0.1) is 0 Å². The molecule has 0 spiro atoms. The molecule has 0 radical (unpaired) electrons. The Hall–Kier alpha value is -2.70. The Morgan fingerprint density at radius 3 is 2.43 bits per heavy atom. The molecule has 2 unspecified atom stereocenters. The van der Waals surface area contributed by atoms with E-state index in [9.17, 15) is 19.8 Å². The maximum absolute atomic E-state index is 11.8. The van der Waals surface area contributed by atoms with Crippen LogP contribution >= 0.6 is 23.2 Å². The Labute approximate surface area is 179 Å². The van der Waals surface area contributed by atoms with Crippen LogP contribution in [0.25, 0.3) is 0 Å². The SMILES string of the molecule is CC(C)c1cc(Oc2c(Cl)cc(N3N=C(C(=O)O)C(O)NC3O)cc2Cl)n[nH]c1=O. The summed E-state index contributed by atoms with van der Waals surface area (Å²) in [5, 5.41) is 41.8. The van der Waals surface area contributed by atoms with Crippen LogP contribution in [-0.2, 0) is 4.79 Å². The number of hydrogen-bond donors (Lipinski definition) is 5. The van der Waals surface area contributed by atoms with E-state index in [1.54, 1.807) is 0 Å². The lowest BCUT2D eigenvalue weighted by Crippen LogP contribution is -2.57. The van der Waals surface area contributed by atoms with E-state index < -0.39 is 24.3 Å². The van der Waals surface area contributed by atoms with E-state index in [1.807, 2.05) is 13.8 Å². The predicted molar refractivity (Wildman–Crippen MR) is 108 cm³/mol. The maximum Gasteiger partial charge on any atom is 0.356 e. The molecule has 1 aliphatic rings. The van der Waals surface area contributed by atoms with Crippen LogP contribution < -0.4 is 20.6 Å². The topological polar surface area (TPSA) is 160 Å². The lowest BCUT2D eigenvalue weighted by atomic mass is 10.1. The van der Waals surface area contributed by atoms with Crippen molar-refractivity contribution in [3.05, 3.63) is 44.2 Å². The molecule has 2 heterocycles. The molecule has 13 heteroatoms. The van der Waals surface area contributed by atoms with E-state index in [-0.39, 0.29) is 38.8 Å². The van der Waals surface area contributed by atoms with Gasteiger partial charge in [0.05, 0.1) is 15.7 Å². The predicted octanol–water partition coefficient (Wildman–Crippen LogP) is 1.44. The van der Waals surface area contributed by atoms with Gasteiger partial charge in [0, 0.05) is 11.6 Å². The molecule has 1 aliphatic heterocycles. The summed E-state index contributed by atoms with van der Waals surface area (Å²) in [4.78, 5) is 23.0. The zero-order valence-corrected chi connectivity index (χ0v) is 17.1. The number of hydrazone groups is 1. The highest BCUT2D eigenvalue weighted by Crippen LogP contribution is 2.40. The molecule has 1 aromatic heterocycles. The molecule has 5 N–H and O–H groups in total. The van der Waals surface area contributed by atoms with Gasteiger partial charge in [-0.05, 0) is 18.1 Å². The minimum atomic E-state index is -1.66. The largest absolute Gasteiger partial charge is 0.477 e. The zero-order chi connectivity index (χ0) is 22.2. The van der Waals surface area contributed by atoms with Gasteiger partial charge in [0.15, 0.2) is 17.7 Å². The third-order valence-electron chi connectivity index (χ3n) is 4.12. The van der Waals surface area contributed by atoms with E-state index in [0.29, 0.717) is 5.56 Å². The van der Waals surface area contributed by atoms with Crippen LogP contribution in [0.5, 0.6) is 11.6 Å². The summed E-state index contributed by atoms with van der Waals surface area (Å²) in [6.07, 6.45) is -3.21. The number of rotatable bonds is 5. The lowest BCUT2D eigenvalue weighted by molar-refractivity contribution is -0.130. The highest BCUT2D eigenvalue weighted by molar-refractivity contribution is 6.38. The van der Waals surface area contributed by atoms with Gasteiger partial charge in [0.2, 0.25) is 12.2 Å². The molecule has 2 aromatic rings. The van der Waals surface area contributed by atoms with Gasteiger partial charge in [0.25, 0.3) is 5.56 Å². The van der Waals surface area contributed by atoms with Crippen molar-refractivity contribution in [2.45, 2.75) is 32.3 Å². The van der Waals surface area contributed by atoms with E-state index in [1.165, 1.54) is 18.2 Å². The monoisotopic (exact) mass is 457 g/mol. The Kier molecular flexibility index (Phi) is 6.29. The Morgan fingerprint density at radius 2 is 1.87 bits per heavy atom. The van der Waals surface area contributed by atoms with Crippen molar-refractivity contribution in [2.75, 3.05) is 5.01 Å². The molecule has 0 fully saturated rings. The molecular weight excluding hydrogens is 441 g/mol. The molecule has 0 amide bonds. The van der Waals surface area contributed by atoms with Crippen LogP contribution in [0.1, 0.15) is 25.3 Å². The number of anilines is 1. The number of aliphatic hydroxyl groups excluding tert-OH is 2. The first kappa shape index (κ1) is 22.0. The number of aromatic amines is 1. The zero-order valence-electron chi connectivity index (χ0n) is 15.6. The summed E-state index contributed by atoms with van der Waals surface area (Å²) < 4.78 is 5.62. The number of aliphatic hydroxyl groups is 2. The second-order valence-electron chi connectivity index (χ2n) is 6.56. The summed E-state index contributed by atoms with van der Waals surface area (Å²) >= 11 is 12.5. The molecule has 0 aliphatic carbocycles. The number of carboxylic acids is 1. The molecule has 30 heavy (non-hydrogen) atoms. The Morgan fingerprint density at radius 1 is 1.23 bits per heavy atom. The van der Waals surface area contributed by atoms with Crippen molar-refractivity contribution in [3.8, 4) is 11.6 Å². The molecule has 2 atom stereocenters. The minimum Gasteiger partial charge on any atom is -0.477 e. The van der Waals surface area contributed by atoms with E-state index >= 15 is 0 Å². The molecule has 1 aromatic carbocycles. The number of carbonyl (C=O) groups is 1. The van der Waals surface area contributed by atoms with Gasteiger partial charge in [-0.1, -0.05) is 37.0 Å². The summed E-state index contributed by atoms with van der Waals surface area (Å²) in [6.45, 7) is 3.67. The molecule has 3 rings (SSSR count). The smallest absolute Gasteiger partial charge is 0.356 e. The highest BCUT2D eigenvalue weighted by Gasteiger charge is 2.32. The summed E-state index contributed by atoms with van der Waals surface area (Å²) in [5.41, 5.74) is -0.391. The first-order valence-electron chi connectivity index (χ1n) is 8.58. The second-order valence-corrected chi connectivity index (χ2v) is 7.38. The number of aromatic nitrogens is 2. The number of halogens is 2. The van der Waals surface area contributed by atoms with Gasteiger partial charge in [-0.15, -0.1) is 5.10 Å². The van der Waals surface area contributed by atoms with Crippen molar-refractivity contribution in [1.29, 1.82) is 0 Å². The third kappa shape index (κ3) is 4.40. The van der Waals surface area contributed by atoms with Crippen molar-refractivity contribution in [1.82, 2.24) is 15.5 Å². The van der Waals surface area contributed by atoms with E-state index in [0.717, 1.165) is 5.01 Å². The maximum atomic E-state index is 11.8. The number of carboxylic acid groups (broad SMARTS) is 1. The van der Waals surface area contributed by atoms with Crippen molar-refractivity contribution in [2.24, 2.45) is 5.10 Å². The number of H-pyrrole nitrogens is 1. The number of nitrogens with one attached hydrogen (secondary N) is 2. The molecule has 0 saturated heterocycles. The minimum absolute atomic E-state index is 0.00185. The summed E-state index contributed by atoms with van der Waals surface area (Å²) in [6, 6.07) is 4.11. The van der Waals surface area contributed by atoms with Crippen LogP contribution in [0.3, 0.4) is 0 Å². The number of aliphatic carboxylic acids is 1. The van der Waals surface area contributed by atoms with Crippen LogP contribution in [0.2, 0.25) is 10.0 Å². The average Bonchev–Trinajstić information content (AvgIpc) is 2.65. The van der Waals surface area contributed by atoms with Gasteiger partial charge in [0.1, 0.15) is 0 Å². The Balaban J connectivity index is 1.96. The van der Waals surface area contributed by atoms with Crippen LogP contribution in [0.4, 0.5) is 5.69 Å². The normalized spacial score (nSPS) is 19.0. The van der Waals surface area contributed by atoms with Gasteiger partial charge >= 0.3 is 5.97 Å². The first-order valence-corrected chi connectivity index (χ1v) is 9.33. The average molecular weight is 458 g/mol. The quantitative estimate of drug-likeness (QED) is 0.447. The van der Waals surface area contributed by atoms with Gasteiger partial charge in [-0.25, -0.2) is 20.2 Å². The van der Waals surface area contributed by atoms with Gasteiger partial charge < -0.3 is 20.1 Å². The fourth-order valence-corrected chi connectivity index (χ4v) is 3.19. The fourth-order valence-electron chi connectivity index (χ4n) is 2.64. The lowest BCUT2D eigenvalue weighted by Gasteiger charge is -2.32. The molecule has 160 valence electrons. The molecule has 0 bridgehead atoms. The van der Waals surface area contributed by atoms with Gasteiger partial charge in [-0.2, -0.15) is 5.10 Å². The van der Waals surface area contributed by atoms with E-state index in [4.69, 9.17) is 33.0 Å². The third-order valence-corrected chi connectivity index (χ3v) is 4.68. The summed E-state index contributed by atoms with van der Waals surface area (Å²) in [7, 11) is 0. The number of nitrogens with zero attached hydrogens (tertiary/aromatic N) is 3. The van der Waals surface area contributed by atoms with Crippen LogP contribution in [-0.4, -0.2) is 49.8 Å². The standard InChI is InChI=1S/C17H17Cl2N5O6/c1-6(2)8-5-11(21-22-14(8)25)30-13-9(18)3-7(4-10(13)19)24-17(29)20-15(26)12(23-24)16(27)28/h3-6,15,17,20,26,29H,1-2H3,(H,22,25)(H,27,28). The fraction of sp³-hybridized carbons (Fsp3) is 0.294. The summed E-state index contributed by atoms with van der Waals surface area (Å²) in [5.74, 6) is -1.46. The van der Waals surface area contributed by atoms with Crippen molar-refractivity contribution in [3.63, 3.8) is 0 Å². The van der Waals surface area contributed by atoms with E-state index in [2.05, 4.69) is 20.6 Å². The second kappa shape index (κ2) is 8.58. The first-order chi connectivity index (χ1) is 14.1. The van der Waals surface area contributed by atoms with Crippen molar-refractivity contribution >= 4 is 40.6 Å². The Bertz CT molecular complexity index is 1050. The van der Waals surface area contributed by atoms with Crippen LogP contribution in [0.15, 0.2) is 28.1 Å². The molecule has 11 nitrogen and oxygen atoms in total. The highest BCUT2D eigenvalue weighted by atomic mass is 35.5. The van der Waals surface area contributed by atoms with Crippen molar-refractivity contribution < 1.29 is 24.9 Å².